The maximum absolute atomic E-state index is 5.92. The lowest BCUT2D eigenvalue weighted by molar-refractivity contribution is 0.365. The predicted octanol–water partition coefficient (Wildman–Crippen LogP) is 4.28. The van der Waals surface area contributed by atoms with E-state index in [2.05, 4.69) is 18.7 Å². The summed E-state index contributed by atoms with van der Waals surface area (Å²) in [5.41, 5.74) is 2.88. The van der Waals surface area contributed by atoms with E-state index >= 15 is 0 Å². The normalized spacial score (nSPS) is 21.6. The highest BCUT2D eigenvalue weighted by Gasteiger charge is 2.49. The summed E-state index contributed by atoms with van der Waals surface area (Å²) >= 11 is 5.92. The first-order valence-corrected chi connectivity index (χ1v) is 6.25. The van der Waals surface area contributed by atoms with Crippen LogP contribution in [0.2, 0.25) is 5.02 Å². The number of benzene rings is 2. The zero-order valence-corrected chi connectivity index (χ0v) is 10.7. The van der Waals surface area contributed by atoms with Crippen LogP contribution in [0.1, 0.15) is 11.1 Å². The first-order valence-electron chi connectivity index (χ1n) is 5.87. The maximum Gasteiger partial charge on any atom is 0.142 e. The third kappa shape index (κ3) is 1.86. The molecule has 90 valence electrons. The predicted molar refractivity (Wildman–Crippen MR) is 74.6 cm³/mol. The van der Waals surface area contributed by atoms with Crippen LogP contribution in [0.25, 0.3) is 5.57 Å². The van der Waals surface area contributed by atoms with E-state index in [0.717, 1.165) is 21.7 Å². The molecule has 0 aliphatic carbocycles. The van der Waals surface area contributed by atoms with Crippen LogP contribution in [0.3, 0.4) is 0 Å². The van der Waals surface area contributed by atoms with Gasteiger partial charge in [0.25, 0.3) is 0 Å². The van der Waals surface area contributed by atoms with E-state index in [9.17, 15) is 0 Å². The molecular formula is C16H13ClO. The Morgan fingerprint density at radius 2 is 1.67 bits per heavy atom. The van der Waals surface area contributed by atoms with Gasteiger partial charge in [0.1, 0.15) is 5.60 Å². The molecule has 0 amide bonds. The fourth-order valence-corrected chi connectivity index (χ4v) is 2.30. The highest BCUT2D eigenvalue weighted by atomic mass is 35.5. The molecule has 1 heterocycles. The number of hydrogen-bond donors (Lipinski definition) is 0. The van der Waals surface area contributed by atoms with Crippen LogP contribution in [0.4, 0.5) is 0 Å². The van der Waals surface area contributed by atoms with Gasteiger partial charge >= 0.3 is 0 Å². The van der Waals surface area contributed by atoms with Gasteiger partial charge in [-0.15, -0.1) is 0 Å². The van der Waals surface area contributed by atoms with Gasteiger partial charge in [0.2, 0.25) is 0 Å². The molecular weight excluding hydrogens is 244 g/mol. The van der Waals surface area contributed by atoms with Crippen LogP contribution < -0.4 is 0 Å². The minimum atomic E-state index is -0.355. The number of ether oxygens (including phenoxy) is 1. The van der Waals surface area contributed by atoms with Gasteiger partial charge < -0.3 is 4.74 Å². The Morgan fingerprint density at radius 1 is 1.06 bits per heavy atom. The van der Waals surface area contributed by atoms with Crippen LogP contribution in [-0.2, 0) is 10.3 Å². The zero-order valence-electron chi connectivity index (χ0n) is 9.90. The van der Waals surface area contributed by atoms with Gasteiger partial charge in [-0.1, -0.05) is 60.6 Å². The van der Waals surface area contributed by atoms with Gasteiger partial charge in [-0.25, -0.2) is 0 Å². The summed E-state index contributed by atoms with van der Waals surface area (Å²) in [7, 11) is 0. The molecule has 0 aromatic heterocycles. The maximum atomic E-state index is 5.92. The van der Waals surface area contributed by atoms with Crippen LogP contribution in [0.15, 0.2) is 61.2 Å². The van der Waals surface area contributed by atoms with E-state index in [4.69, 9.17) is 16.3 Å². The lowest BCUT2D eigenvalue weighted by atomic mass is 9.88. The minimum absolute atomic E-state index is 0.355. The van der Waals surface area contributed by atoms with Crippen molar-refractivity contribution in [3.63, 3.8) is 0 Å². The van der Waals surface area contributed by atoms with Gasteiger partial charge in [-0.05, 0) is 28.8 Å². The van der Waals surface area contributed by atoms with Crippen molar-refractivity contribution in [2.45, 2.75) is 5.60 Å². The smallest absolute Gasteiger partial charge is 0.142 e. The molecule has 0 N–H and O–H groups in total. The average molecular weight is 257 g/mol. The molecule has 1 fully saturated rings. The zero-order chi connectivity index (χ0) is 12.6. The van der Waals surface area contributed by atoms with Crippen molar-refractivity contribution >= 4 is 17.2 Å². The number of halogens is 1. The third-order valence-electron chi connectivity index (χ3n) is 3.35. The molecule has 2 aromatic rings. The summed E-state index contributed by atoms with van der Waals surface area (Å²) in [6.45, 7) is 4.88. The van der Waals surface area contributed by atoms with E-state index in [1.54, 1.807) is 0 Å². The van der Waals surface area contributed by atoms with Crippen LogP contribution in [0.5, 0.6) is 0 Å². The monoisotopic (exact) mass is 256 g/mol. The largest absolute Gasteiger partial charge is 0.359 e. The van der Waals surface area contributed by atoms with Crippen molar-refractivity contribution < 1.29 is 4.74 Å². The first-order chi connectivity index (χ1) is 8.72. The van der Waals surface area contributed by atoms with Crippen molar-refractivity contribution in [1.82, 2.24) is 0 Å². The fraction of sp³-hybridized carbons (Fsp3) is 0.125. The molecule has 1 aliphatic rings. The van der Waals surface area contributed by atoms with E-state index in [-0.39, 0.29) is 5.60 Å². The molecule has 2 aromatic carbocycles. The third-order valence-corrected chi connectivity index (χ3v) is 3.61. The minimum Gasteiger partial charge on any atom is -0.359 e. The van der Waals surface area contributed by atoms with Crippen molar-refractivity contribution in [1.29, 1.82) is 0 Å². The Hall–Kier alpha value is -1.57. The lowest BCUT2D eigenvalue weighted by Gasteiger charge is -2.16. The van der Waals surface area contributed by atoms with Crippen molar-refractivity contribution in [3.05, 3.63) is 77.3 Å². The van der Waals surface area contributed by atoms with Gasteiger partial charge in [0, 0.05) is 5.02 Å². The Bertz CT molecular complexity index is 568. The molecule has 18 heavy (non-hydrogen) atoms. The standard InChI is InChI=1S/C16H13ClO/c1-12(13-5-3-2-4-6-13)16(11-18-16)14-7-9-15(17)10-8-14/h2-10H,1,11H2. The van der Waals surface area contributed by atoms with E-state index in [1.807, 2.05) is 42.5 Å². The van der Waals surface area contributed by atoms with E-state index < -0.39 is 0 Å². The van der Waals surface area contributed by atoms with Gasteiger partial charge in [0.05, 0.1) is 6.61 Å². The highest BCUT2D eigenvalue weighted by molar-refractivity contribution is 6.30. The molecule has 1 nitrogen and oxygen atoms in total. The molecule has 1 aliphatic heterocycles. The van der Waals surface area contributed by atoms with Gasteiger partial charge in [-0.3, -0.25) is 0 Å². The second-order valence-corrected chi connectivity index (χ2v) is 4.90. The van der Waals surface area contributed by atoms with E-state index in [0.29, 0.717) is 6.61 Å². The summed E-state index contributed by atoms with van der Waals surface area (Å²) in [5.74, 6) is 0. The summed E-state index contributed by atoms with van der Waals surface area (Å²) in [5, 5.41) is 0.736. The molecule has 1 unspecified atom stereocenters. The number of hydrogen-bond acceptors (Lipinski definition) is 1. The Labute approximate surface area is 112 Å². The lowest BCUT2D eigenvalue weighted by Crippen LogP contribution is -2.10. The molecule has 1 atom stereocenters. The molecule has 3 rings (SSSR count). The Kier molecular flexibility index (Phi) is 2.73. The van der Waals surface area contributed by atoms with E-state index in [1.165, 1.54) is 0 Å². The quantitative estimate of drug-likeness (QED) is 0.747. The van der Waals surface area contributed by atoms with Crippen LogP contribution in [0, 0.1) is 0 Å². The SMILES string of the molecule is C=C(c1ccccc1)C1(c2ccc(Cl)cc2)CO1. The number of rotatable bonds is 3. The second kappa shape index (κ2) is 4.27. The van der Waals surface area contributed by atoms with Crippen molar-refractivity contribution in [2.75, 3.05) is 6.61 Å². The molecule has 0 bridgehead atoms. The highest BCUT2D eigenvalue weighted by Crippen LogP contribution is 2.48. The van der Waals surface area contributed by atoms with Crippen LogP contribution in [-0.4, -0.2) is 6.61 Å². The van der Waals surface area contributed by atoms with Crippen molar-refractivity contribution in [2.24, 2.45) is 0 Å². The van der Waals surface area contributed by atoms with Crippen LogP contribution >= 0.6 is 11.6 Å². The molecule has 0 radical (unpaired) electrons. The summed E-state index contributed by atoms with van der Waals surface area (Å²) in [6, 6.07) is 17.9. The second-order valence-electron chi connectivity index (χ2n) is 4.47. The summed E-state index contributed by atoms with van der Waals surface area (Å²) in [6.07, 6.45) is 0. The molecule has 0 spiro atoms. The summed E-state index contributed by atoms with van der Waals surface area (Å²) in [4.78, 5) is 0. The van der Waals surface area contributed by atoms with Crippen molar-refractivity contribution in [3.8, 4) is 0 Å². The topological polar surface area (TPSA) is 12.5 Å². The van der Waals surface area contributed by atoms with Gasteiger partial charge in [0.15, 0.2) is 0 Å². The molecule has 0 saturated carbocycles. The fourth-order valence-electron chi connectivity index (χ4n) is 2.18. The Balaban J connectivity index is 1.96. The first kappa shape index (κ1) is 11.5. The Morgan fingerprint density at radius 3 is 2.22 bits per heavy atom. The van der Waals surface area contributed by atoms with Gasteiger partial charge in [-0.2, -0.15) is 0 Å². The number of epoxide rings is 1. The average Bonchev–Trinajstić information content (AvgIpc) is 3.21. The molecule has 2 heteroatoms. The summed E-state index contributed by atoms with van der Waals surface area (Å²) < 4.78 is 5.70. The molecule has 1 saturated heterocycles.